The molecule has 0 radical (unpaired) electrons. The Hall–Kier alpha value is -2.02. The minimum atomic E-state index is 0.812. The van der Waals surface area contributed by atoms with Gasteiger partial charge in [0, 0.05) is 43.0 Å². The average Bonchev–Trinajstić information content (AvgIpc) is 2.70. The number of hydrogen-bond donors (Lipinski definition) is 0. The number of thioether (sulfide) groups is 1. The molecule has 0 unspecified atom stereocenters. The molecule has 27 heavy (non-hydrogen) atoms. The van der Waals surface area contributed by atoms with Crippen molar-refractivity contribution in [1.82, 2.24) is 19.9 Å². The molecule has 3 aromatic rings. The summed E-state index contributed by atoms with van der Waals surface area (Å²) >= 11 is 1.65. The molecule has 2 aromatic heterocycles. The van der Waals surface area contributed by atoms with E-state index in [1.54, 1.807) is 11.8 Å². The van der Waals surface area contributed by atoms with Crippen LogP contribution in [-0.2, 0) is 11.3 Å². The lowest BCUT2D eigenvalue weighted by Crippen LogP contribution is -2.35. The van der Waals surface area contributed by atoms with E-state index in [4.69, 9.17) is 9.72 Å². The van der Waals surface area contributed by atoms with E-state index < -0.39 is 0 Å². The van der Waals surface area contributed by atoms with E-state index in [0.29, 0.717) is 0 Å². The van der Waals surface area contributed by atoms with Gasteiger partial charge in [0.25, 0.3) is 0 Å². The molecule has 0 spiro atoms. The van der Waals surface area contributed by atoms with Crippen LogP contribution in [0.25, 0.3) is 22.2 Å². The number of pyridine rings is 1. The van der Waals surface area contributed by atoms with E-state index in [1.165, 1.54) is 16.5 Å². The molecule has 0 N–H and O–H groups in total. The van der Waals surface area contributed by atoms with Crippen molar-refractivity contribution >= 4 is 22.7 Å². The van der Waals surface area contributed by atoms with Crippen LogP contribution in [0.5, 0.6) is 0 Å². The molecular formula is C21H24N4OS. The third-order valence-corrected chi connectivity index (χ3v) is 5.54. The molecule has 1 saturated heterocycles. The number of ether oxygens (including phenoxy) is 1. The van der Waals surface area contributed by atoms with Gasteiger partial charge in [0.05, 0.1) is 24.4 Å². The highest BCUT2D eigenvalue weighted by Crippen LogP contribution is 2.25. The standard InChI is InChI=1S/C21H24N4OS/c1-3-27-21-22-12-17(13-23-21)20-10-15(2)18-11-16(4-5-19(18)24-20)14-25-6-8-26-9-7-25/h4-5,10-13H,3,6-9,14H2,1-2H3. The summed E-state index contributed by atoms with van der Waals surface area (Å²) in [6.07, 6.45) is 3.73. The quantitative estimate of drug-likeness (QED) is 0.494. The molecule has 1 aliphatic heterocycles. The molecular weight excluding hydrogens is 356 g/mol. The summed E-state index contributed by atoms with van der Waals surface area (Å²) < 4.78 is 5.44. The summed E-state index contributed by atoms with van der Waals surface area (Å²) in [4.78, 5) is 16.1. The average molecular weight is 381 g/mol. The fourth-order valence-electron chi connectivity index (χ4n) is 3.36. The molecule has 0 amide bonds. The molecule has 1 fully saturated rings. The monoisotopic (exact) mass is 380 g/mol. The van der Waals surface area contributed by atoms with Gasteiger partial charge in [-0.2, -0.15) is 0 Å². The second kappa shape index (κ2) is 8.33. The van der Waals surface area contributed by atoms with Crippen molar-refractivity contribution in [3.63, 3.8) is 0 Å². The van der Waals surface area contributed by atoms with Gasteiger partial charge in [-0.15, -0.1) is 0 Å². The first-order chi connectivity index (χ1) is 13.2. The van der Waals surface area contributed by atoms with Crippen LogP contribution in [0.2, 0.25) is 0 Å². The number of benzene rings is 1. The second-order valence-corrected chi connectivity index (χ2v) is 7.98. The van der Waals surface area contributed by atoms with E-state index in [1.807, 2.05) is 12.4 Å². The van der Waals surface area contributed by atoms with Gasteiger partial charge in [0.2, 0.25) is 0 Å². The molecule has 6 heteroatoms. The number of fused-ring (bicyclic) bond motifs is 1. The van der Waals surface area contributed by atoms with Gasteiger partial charge in [-0.3, -0.25) is 4.90 Å². The Labute approximate surface area is 164 Å². The molecule has 5 nitrogen and oxygen atoms in total. The highest BCUT2D eigenvalue weighted by atomic mass is 32.2. The smallest absolute Gasteiger partial charge is 0.187 e. The van der Waals surface area contributed by atoms with Crippen LogP contribution >= 0.6 is 11.8 Å². The summed E-state index contributed by atoms with van der Waals surface area (Å²) in [5, 5.41) is 2.02. The maximum absolute atomic E-state index is 5.44. The Morgan fingerprint density at radius 2 is 1.89 bits per heavy atom. The summed E-state index contributed by atoms with van der Waals surface area (Å²) in [7, 11) is 0. The van der Waals surface area contributed by atoms with Crippen molar-refractivity contribution in [2.45, 2.75) is 25.5 Å². The van der Waals surface area contributed by atoms with E-state index in [9.17, 15) is 0 Å². The normalized spacial score (nSPS) is 15.3. The Kier molecular flexibility index (Phi) is 5.66. The van der Waals surface area contributed by atoms with Crippen molar-refractivity contribution in [3.05, 3.63) is 47.8 Å². The van der Waals surface area contributed by atoms with E-state index in [2.05, 4.69) is 53.0 Å². The van der Waals surface area contributed by atoms with Gasteiger partial charge in [-0.05, 0) is 42.0 Å². The minimum Gasteiger partial charge on any atom is -0.379 e. The number of rotatable bonds is 5. The Morgan fingerprint density at radius 3 is 2.63 bits per heavy atom. The van der Waals surface area contributed by atoms with Gasteiger partial charge in [0.1, 0.15) is 0 Å². The van der Waals surface area contributed by atoms with Crippen LogP contribution in [0.3, 0.4) is 0 Å². The van der Waals surface area contributed by atoms with E-state index >= 15 is 0 Å². The molecule has 3 heterocycles. The molecule has 1 aliphatic rings. The summed E-state index contributed by atoms with van der Waals surface area (Å²) in [5.74, 6) is 0.972. The van der Waals surface area contributed by atoms with Crippen molar-refractivity contribution in [2.75, 3.05) is 32.1 Å². The van der Waals surface area contributed by atoms with E-state index in [0.717, 1.165) is 60.5 Å². The van der Waals surface area contributed by atoms with Crippen LogP contribution in [0, 0.1) is 6.92 Å². The molecule has 1 aromatic carbocycles. The largest absolute Gasteiger partial charge is 0.379 e. The summed E-state index contributed by atoms with van der Waals surface area (Å²) in [6, 6.07) is 8.72. The van der Waals surface area contributed by atoms with Crippen molar-refractivity contribution < 1.29 is 4.74 Å². The van der Waals surface area contributed by atoms with Crippen molar-refractivity contribution in [1.29, 1.82) is 0 Å². The first kappa shape index (κ1) is 18.3. The predicted octanol–water partition coefficient (Wildman–Crippen LogP) is 3.94. The van der Waals surface area contributed by atoms with Crippen LogP contribution in [0.4, 0.5) is 0 Å². The molecule has 0 atom stereocenters. The van der Waals surface area contributed by atoms with Gasteiger partial charge in [-0.25, -0.2) is 15.0 Å². The Bertz CT molecular complexity index is 923. The zero-order chi connectivity index (χ0) is 18.6. The minimum absolute atomic E-state index is 0.812. The van der Waals surface area contributed by atoms with Crippen molar-refractivity contribution in [3.8, 4) is 11.3 Å². The fraction of sp³-hybridized carbons (Fsp3) is 0.381. The van der Waals surface area contributed by atoms with Crippen LogP contribution in [0.1, 0.15) is 18.1 Å². The topological polar surface area (TPSA) is 51.1 Å². The number of aryl methyl sites for hydroxylation is 1. The molecule has 4 rings (SSSR count). The number of aromatic nitrogens is 3. The lowest BCUT2D eigenvalue weighted by molar-refractivity contribution is 0.0342. The van der Waals surface area contributed by atoms with Crippen molar-refractivity contribution in [2.24, 2.45) is 0 Å². The molecule has 0 saturated carbocycles. The number of morpholine rings is 1. The lowest BCUT2D eigenvalue weighted by atomic mass is 10.0. The maximum atomic E-state index is 5.44. The third-order valence-electron chi connectivity index (χ3n) is 4.79. The van der Waals surface area contributed by atoms with Crippen LogP contribution in [-0.4, -0.2) is 51.9 Å². The Balaban J connectivity index is 1.60. The summed E-state index contributed by atoms with van der Waals surface area (Å²) in [6.45, 7) is 8.87. The zero-order valence-electron chi connectivity index (χ0n) is 15.8. The summed E-state index contributed by atoms with van der Waals surface area (Å²) in [5.41, 5.74) is 5.45. The third kappa shape index (κ3) is 4.29. The highest BCUT2D eigenvalue weighted by Gasteiger charge is 2.12. The van der Waals surface area contributed by atoms with Gasteiger partial charge in [-0.1, -0.05) is 24.8 Å². The predicted molar refractivity (Wildman–Crippen MR) is 110 cm³/mol. The molecule has 0 aliphatic carbocycles. The maximum Gasteiger partial charge on any atom is 0.187 e. The van der Waals surface area contributed by atoms with Crippen LogP contribution < -0.4 is 0 Å². The fourth-order valence-corrected chi connectivity index (χ4v) is 3.87. The molecule has 140 valence electrons. The van der Waals surface area contributed by atoms with Gasteiger partial charge >= 0.3 is 0 Å². The molecule has 0 bridgehead atoms. The lowest BCUT2D eigenvalue weighted by Gasteiger charge is -2.26. The number of nitrogens with zero attached hydrogens (tertiary/aromatic N) is 4. The first-order valence-corrected chi connectivity index (χ1v) is 10.4. The first-order valence-electron chi connectivity index (χ1n) is 9.38. The van der Waals surface area contributed by atoms with Crippen LogP contribution in [0.15, 0.2) is 41.8 Å². The second-order valence-electron chi connectivity index (χ2n) is 6.75. The van der Waals surface area contributed by atoms with Gasteiger partial charge < -0.3 is 4.74 Å². The van der Waals surface area contributed by atoms with Gasteiger partial charge in [0.15, 0.2) is 5.16 Å². The number of hydrogen-bond acceptors (Lipinski definition) is 6. The highest BCUT2D eigenvalue weighted by molar-refractivity contribution is 7.99. The Morgan fingerprint density at radius 1 is 1.11 bits per heavy atom. The zero-order valence-corrected chi connectivity index (χ0v) is 16.6. The van der Waals surface area contributed by atoms with E-state index in [-0.39, 0.29) is 0 Å². The SMILES string of the molecule is CCSc1ncc(-c2cc(C)c3cc(CN4CCOCC4)ccc3n2)cn1.